The van der Waals surface area contributed by atoms with E-state index in [4.69, 9.17) is 4.74 Å². The third kappa shape index (κ3) is 3.84. The van der Waals surface area contributed by atoms with Gasteiger partial charge in [-0.1, -0.05) is 13.0 Å². The molecule has 31 heavy (non-hydrogen) atoms. The second-order valence-corrected chi connectivity index (χ2v) is 12.7. The Hall–Kier alpha value is -2.07. The number of nitrogens with one attached hydrogen (secondary N) is 1. The van der Waals surface area contributed by atoms with Crippen LogP contribution in [0.3, 0.4) is 0 Å². The van der Waals surface area contributed by atoms with Gasteiger partial charge in [-0.2, -0.15) is 0 Å². The van der Waals surface area contributed by atoms with E-state index in [0.717, 1.165) is 0 Å². The van der Waals surface area contributed by atoms with Gasteiger partial charge in [0, 0.05) is 35.9 Å². The number of halogens is 1. The van der Waals surface area contributed by atoms with Gasteiger partial charge in [0.2, 0.25) is 8.41 Å². The lowest BCUT2D eigenvalue weighted by molar-refractivity contribution is -0.146. The molecule has 2 aliphatic heterocycles. The predicted molar refractivity (Wildman–Crippen MR) is 119 cm³/mol. The van der Waals surface area contributed by atoms with Gasteiger partial charge in [-0.15, -0.1) is 6.58 Å². The summed E-state index contributed by atoms with van der Waals surface area (Å²) in [5.41, 5.74) is -0.319. The maximum absolute atomic E-state index is 15.4. The summed E-state index contributed by atoms with van der Waals surface area (Å²) in [6.45, 7) is 10.2. The monoisotopic (exact) mass is 450 g/mol. The average molecular weight is 451 g/mol. The number of carbonyl (C=O) groups excluding carboxylic acids is 2. The summed E-state index contributed by atoms with van der Waals surface area (Å²) >= 11 is 0. The molecule has 0 aliphatic carbocycles. The summed E-state index contributed by atoms with van der Waals surface area (Å²) in [5.74, 6) is -1.34. The Morgan fingerprint density at radius 3 is 2.71 bits per heavy atom. The third-order valence-corrected chi connectivity index (χ3v) is 8.79. The molecule has 2 amide bonds. The van der Waals surface area contributed by atoms with Crippen molar-refractivity contribution in [1.29, 1.82) is 0 Å². The highest BCUT2D eigenvalue weighted by Crippen LogP contribution is 2.60. The number of aliphatic hydroxyl groups is 2. The van der Waals surface area contributed by atoms with Crippen LogP contribution in [0.1, 0.15) is 25.8 Å². The van der Waals surface area contributed by atoms with Crippen LogP contribution >= 0.6 is 0 Å². The molecule has 2 heterocycles. The molecule has 1 saturated heterocycles. The summed E-state index contributed by atoms with van der Waals surface area (Å²) in [6.07, 6.45) is 0.0573. The van der Waals surface area contributed by atoms with Crippen LogP contribution in [0.15, 0.2) is 30.9 Å². The number of ether oxygens (including phenoxy) is 1. The molecule has 1 aromatic carbocycles. The first-order valence-corrected chi connectivity index (χ1v) is 13.5. The van der Waals surface area contributed by atoms with Crippen LogP contribution in [0.2, 0.25) is 18.6 Å². The van der Waals surface area contributed by atoms with Gasteiger partial charge >= 0.3 is 0 Å². The van der Waals surface area contributed by atoms with E-state index in [0.29, 0.717) is 16.9 Å². The van der Waals surface area contributed by atoms with E-state index >= 15 is 4.11 Å². The van der Waals surface area contributed by atoms with Crippen LogP contribution in [0.5, 0.6) is 0 Å². The summed E-state index contributed by atoms with van der Waals surface area (Å²) < 4.78 is 21.8. The van der Waals surface area contributed by atoms with Gasteiger partial charge in [0.1, 0.15) is 6.10 Å². The highest BCUT2D eigenvalue weighted by molar-refractivity contribution is 6.72. The number of anilines is 2. The average Bonchev–Trinajstić information content (AvgIpc) is 3.10. The molecule has 0 radical (unpaired) electrons. The van der Waals surface area contributed by atoms with Gasteiger partial charge < -0.3 is 29.3 Å². The van der Waals surface area contributed by atoms with Gasteiger partial charge in [-0.05, 0) is 44.6 Å². The number of nitrogens with zero attached hydrogens (tertiary/aromatic N) is 1. The van der Waals surface area contributed by atoms with Crippen molar-refractivity contribution in [3.8, 4) is 0 Å². The smallest absolute Gasteiger partial charge is 0.264 e. The molecule has 3 N–H and O–H groups in total. The molecule has 1 spiro atoms. The number of hydrogen-bond acceptors (Lipinski definition) is 5. The molecule has 9 heteroatoms. The van der Waals surface area contributed by atoms with E-state index in [9.17, 15) is 19.8 Å². The second-order valence-electron chi connectivity index (χ2n) is 8.88. The zero-order valence-electron chi connectivity index (χ0n) is 18.4. The van der Waals surface area contributed by atoms with E-state index in [1.165, 1.54) is 6.92 Å². The molecule has 7 nitrogen and oxygen atoms in total. The minimum Gasteiger partial charge on any atom is -0.396 e. The number of rotatable bonds is 7. The topological polar surface area (TPSA) is 99.1 Å². The lowest BCUT2D eigenvalue weighted by Crippen LogP contribution is -2.45. The Morgan fingerprint density at radius 2 is 2.16 bits per heavy atom. The summed E-state index contributed by atoms with van der Waals surface area (Å²) in [7, 11) is -3.26. The van der Waals surface area contributed by atoms with Crippen LogP contribution < -0.4 is 10.2 Å². The minimum atomic E-state index is -3.26. The zero-order chi connectivity index (χ0) is 23.1. The first-order chi connectivity index (χ1) is 14.5. The van der Waals surface area contributed by atoms with E-state index in [1.807, 2.05) is 6.92 Å². The standard InChI is InChI=1S/C22H31FN2O5Si/c1-6-10-25-17-8-7-15(24-20(28)14(3)27)12-16(17)22(21(25)29)13(2)19(31(4,5)23)18(30-22)9-11-26/h6-8,12-14,18-19,26-27H,1,9-11H2,2-5H3,(H,24,28)/t13-,14-,18+,19-,22+/m0/s1. The van der Waals surface area contributed by atoms with Crippen LogP contribution in [-0.4, -0.2) is 55.8 Å². The molecule has 0 aromatic heterocycles. The number of aliphatic hydroxyl groups excluding tert-OH is 2. The van der Waals surface area contributed by atoms with Crippen molar-refractivity contribution in [1.82, 2.24) is 0 Å². The summed E-state index contributed by atoms with van der Waals surface area (Å²) in [5, 5.41) is 21.7. The first-order valence-electron chi connectivity index (χ1n) is 10.5. The van der Waals surface area contributed by atoms with Gasteiger partial charge in [0.15, 0.2) is 5.60 Å². The number of carbonyl (C=O) groups is 2. The van der Waals surface area contributed by atoms with E-state index in [-0.39, 0.29) is 25.5 Å². The maximum Gasteiger partial charge on any atom is 0.264 e. The van der Waals surface area contributed by atoms with Crippen molar-refractivity contribution in [2.24, 2.45) is 5.92 Å². The SMILES string of the molecule is C=CCN1C(=O)[C@]2(O[C@H](CCO)[C@@H]([Si](C)(C)F)[C@@H]2C)c2cc(NC(=O)[C@H](C)O)ccc21. The van der Waals surface area contributed by atoms with Crippen molar-refractivity contribution in [2.45, 2.75) is 56.7 Å². The predicted octanol–water partition coefficient (Wildman–Crippen LogP) is 2.70. The molecule has 2 aliphatic rings. The normalized spacial score (nSPS) is 28.7. The zero-order valence-corrected chi connectivity index (χ0v) is 19.4. The van der Waals surface area contributed by atoms with E-state index in [2.05, 4.69) is 11.9 Å². The van der Waals surface area contributed by atoms with Gasteiger partial charge in [-0.25, -0.2) is 0 Å². The fraction of sp³-hybridized carbons (Fsp3) is 0.545. The highest BCUT2D eigenvalue weighted by Gasteiger charge is 2.66. The Morgan fingerprint density at radius 1 is 1.48 bits per heavy atom. The Kier molecular flexibility index (Phi) is 6.44. The lowest BCUT2D eigenvalue weighted by Gasteiger charge is -2.31. The number of hydrogen-bond donors (Lipinski definition) is 3. The molecule has 1 fully saturated rings. The van der Waals surface area contributed by atoms with Gasteiger partial charge in [-0.3, -0.25) is 9.59 Å². The Balaban J connectivity index is 2.15. The van der Waals surface area contributed by atoms with E-state index in [1.54, 1.807) is 42.3 Å². The van der Waals surface area contributed by atoms with Crippen LogP contribution in [0, 0.1) is 5.92 Å². The highest BCUT2D eigenvalue weighted by atomic mass is 28.4. The van der Waals surface area contributed by atoms with Crippen molar-refractivity contribution in [2.75, 3.05) is 23.4 Å². The van der Waals surface area contributed by atoms with Crippen molar-refractivity contribution >= 4 is 31.6 Å². The third-order valence-electron chi connectivity index (χ3n) is 6.33. The second kappa shape index (κ2) is 8.46. The van der Waals surface area contributed by atoms with Crippen LogP contribution in [-0.2, 0) is 19.9 Å². The molecule has 5 atom stereocenters. The minimum absolute atomic E-state index is 0.170. The number of benzene rings is 1. The summed E-state index contributed by atoms with van der Waals surface area (Å²) in [6, 6.07) is 5.03. The largest absolute Gasteiger partial charge is 0.396 e. The molecule has 0 unspecified atom stereocenters. The molecule has 0 bridgehead atoms. The molecule has 0 saturated carbocycles. The van der Waals surface area contributed by atoms with E-state index < -0.39 is 43.6 Å². The molecular formula is C22H31FN2O5Si. The first kappa shape index (κ1) is 23.6. The fourth-order valence-corrected chi connectivity index (χ4v) is 7.62. The maximum atomic E-state index is 15.4. The van der Waals surface area contributed by atoms with Crippen LogP contribution in [0.25, 0.3) is 0 Å². The fourth-order valence-electron chi connectivity index (χ4n) is 5.08. The van der Waals surface area contributed by atoms with Crippen molar-refractivity contribution in [3.63, 3.8) is 0 Å². The Bertz CT molecular complexity index is 887. The van der Waals surface area contributed by atoms with Crippen molar-refractivity contribution < 1.29 is 28.6 Å². The van der Waals surface area contributed by atoms with Gasteiger partial charge in [0.25, 0.3) is 11.8 Å². The van der Waals surface area contributed by atoms with Crippen LogP contribution in [0.4, 0.5) is 15.5 Å². The quantitative estimate of drug-likeness (QED) is 0.337. The number of fused-ring (bicyclic) bond motifs is 2. The Labute approximate surface area is 183 Å². The van der Waals surface area contributed by atoms with Gasteiger partial charge in [0.05, 0.1) is 11.8 Å². The molecule has 3 rings (SSSR count). The lowest BCUT2D eigenvalue weighted by atomic mass is 9.82. The molecule has 1 aromatic rings. The molecule has 170 valence electrons. The summed E-state index contributed by atoms with van der Waals surface area (Å²) in [4.78, 5) is 27.3. The number of amides is 2. The van der Waals surface area contributed by atoms with Crippen molar-refractivity contribution in [3.05, 3.63) is 36.4 Å². The molecular weight excluding hydrogens is 419 g/mol.